The van der Waals surface area contributed by atoms with Gasteiger partial charge in [-0.1, -0.05) is 44.2 Å². The molecule has 0 saturated heterocycles. The van der Waals surface area contributed by atoms with Crippen LogP contribution in [0.3, 0.4) is 0 Å². The molecule has 1 rings (SSSR count). The van der Waals surface area contributed by atoms with Gasteiger partial charge in [0.15, 0.2) is 5.00 Å². The van der Waals surface area contributed by atoms with E-state index in [4.69, 9.17) is 11.6 Å². The second-order valence-corrected chi connectivity index (χ2v) is 6.81. The van der Waals surface area contributed by atoms with Crippen LogP contribution in [-0.2, 0) is 0 Å². The van der Waals surface area contributed by atoms with Gasteiger partial charge in [0, 0.05) is 6.54 Å². The van der Waals surface area contributed by atoms with E-state index < -0.39 is 5.00 Å². The molecule has 0 aromatic carbocycles. The van der Waals surface area contributed by atoms with Gasteiger partial charge in [-0.3, -0.25) is 0 Å². The van der Waals surface area contributed by atoms with E-state index in [0.717, 1.165) is 18.8 Å². The lowest BCUT2D eigenvalue weighted by molar-refractivity contribution is 0.583. The van der Waals surface area contributed by atoms with Gasteiger partial charge in [-0.05, 0) is 37.3 Å². The summed E-state index contributed by atoms with van der Waals surface area (Å²) in [6.45, 7) is 3.04. The molecule has 0 amide bonds. The molecule has 0 fully saturated rings. The molecule has 0 aromatic heterocycles. The molecule has 20 heavy (non-hydrogen) atoms. The molecule has 5 heteroatoms. The topological polar surface area (TPSA) is 36.4 Å². The van der Waals surface area contributed by atoms with E-state index in [1.807, 2.05) is 24.8 Å². The van der Waals surface area contributed by atoms with E-state index in [2.05, 4.69) is 21.9 Å². The Kier molecular flexibility index (Phi) is 9.19. The van der Waals surface area contributed by atoms with E-state index >= 15 is 0 Å². The number of hydrogen-bond acceptors (Lipinski definition) is 4. The Hall–Kier alpha value is -0.350. The van der Waals surface area contributed by atoms with E-state index in [1.165, 1.54) is 44.3 Å². The SMILES string of the molecule is CCC1(Cl)C=C(NCCCCCCCCSC)NC=N1. The monoisotopic (exact) mass is 317 g/mol. The minimum absolute atomic E-state index is 0.565. The van der Waals surface area contributed by atoms with Crippen molar-refractivity contribution in [2.45, 2.75) is 56.9 Å². The van der Waals surface area contributed by atoms with Gasteiger partial charge in [-0.25, -0.2) is 4.99 Å². The molecule has 1 unspecified atom stereocenters. The third-order valence-electron chi connectivity index (χ3n) is 3.45. The molecule has 2 N–H and O–H groups in total. The van der Waals surface area contributed by atoms with Crippen LogP contribution in [0.4, 0.5) is 0 Å². The molecule has 0 spiro atoms. The van der Waals surface area contributed by atoms with Gasteiger partial charge in [0.25, 0.3) is 0 Å². The molecule has 1 aliphatic heterocycles. The van der Waals surface area contributed by atoms with E-state index in [-0.39, 0.29) is 0 Å². The van der Waals surface area contributed by atoms with Crippen LogP contribution in [0.15, 0.2) is 16.9 Å². The second-order valence-electron chi connectivity index (χ2n) is 5.17. The fourth-order valence-corrected chi connectivity index (χ4v) is 2.76. The predicted molar refractivity (Wildman–Crippen MR) is 92.7 cm³/mol. The number of nitrogens with one attached hydrogen (secondary N) is 2. The third-order valence-corrected chi connectivity index (χ3v) is 4.62. The molecule has 1 aliphatic rings. The van der Waals surface area contributed by atoms with Crippen LogP contribution in [0.1, 0.15) is 51.9 Å². The molecule has 116 valence electrons. The smallest absolute Gasteiger partial charge is 0.157 e. The minimum Gasteiger partial charge on any atom is -0.372 e. The Labute approximate surface area is 133 Å². The van der Waals surface area contributed by atoms with Crippen molar-refractivity contribution in [3.8, 4) is 0 Å². The van der Waals surface area contributed by atoms with Crippen LogP contribution in [-0.4, -0.2) is 29.9 Å². The minimum atomic E-state index is -0.565. The lowest BCUT2D eigenvalue weighted by Crippen LogP contribution is -2.34. The largest absolute Gasteiger partial charge is 0.372 e. The van der Waals surface area contributed by atoms with Gasteiger partial charge in [0.2, 0.25) is 0 Å². The van der Waals surface area contributed by atoms with Crippen LogP contribution in [0, 0.1) is 0 Å². The number of nitrogens with zero attached hydrogens (tertiary/aromatic N) is 1. The first-order valence-electron chi connectivity index (χ1n) is 7.65. The van der Waals surface area contributed by atoms with Gasteiger partial charge in [0.1, 0.15) is 5.82 Å². The lowest BCUT2D eigenvalue weighted by Gasteiger charge is -2.23. The van der Waals surface area contributed by atoms with E-state index in [1.54, 1.807) is 6.34 Å². The average Bonchev–Trinajstić information content (AvgIpc) is 2.46. The number of rotatable bonds is 11. The summed E-state index contributed by atoms with van der Waals surface area (Å²) in [5, 5.41) is 6.50. The average molecular weight is 318 g/mol. The molecule has 0 saturated carbocycles. The number of unbranched alkanes of at least 4 members (excludes halogenated alkanes) is 5. The van der Waals surface area contributed by atoms with Gasteiger partial charge < -0.3 is 10.6 Å². The molecule has 0 aromatic rings. The van der Waals surface area contributed by atoms with Crippen molar-refractivity contribution < 1.29 is 0 Å². The summed E-state index contributed by atoms with van der Waals surface area (Å²) in [5.74, 6) is 2.29. The quantitative estimate of drug-likeness (QED) is 0.342. The van der Waals surface area contributed by atoms with Gasteiger partial charge in [-0.15, -0.1) is 0 Å². The fourth-order valence-electron chi connectivity index (χ4n) is 2.11. The Morgan fingerprint density at radius 2 is 1.95 bits per heavy atom. The first-order valence-corrected chi connectivity index (χ1v) is 9.42. The summed E-state index contributed by atoms with van der Waals surface area (Å²) in [6, 6.07) is 0. The van der Waals surface area contributed by atoms with Gasteiger partial charge in [0.05, 0.1) is 6.34 Å². The standard InChI is InChI=1S/C15H28ClN3S/c1-3-15(16)12-14(18-13-19-15)17-10-8-6-4-5-7-9-11-20-2/h12-13,17H,3-11H2,1-2H3,(H,18,19). The van der Waals surface area contributed by atoms with Crippen molar-refractivity contribution in [2.75, 3.05) is 18.6 Å². The summed E-state index contributed by atoms with van der Waals surface area (Å²) in [5.41, 5.74) is 0. The predicted octanol–water partition coefficient (Wildman–Crippen LogP) is 4.10. The first-order chi connectivity index (χ1) is 9.70. The van der Waals surface area contributed by atoms with Crippen LogP contribution in [0.2, 0.25) is 0 Å². The summed E-state index contributed by atoms with van der Waals surface area (Å²) < 4.78 is 0. The van der Waals surface area contributed by atoms with E-state index in [9.17, 15) is 0 Å². The van der Waals surface area contributed by atoms with Crippen LogP contribution in [0.5, 0.6) is 0 Å². The Balaban J connectivity index is 2.02. The number of hydrogen-bond donors (Lipinski definition) is 2. The number of aliphatic imine (C=N–C) groups is 1. The zero-order valence-corrected chi connectivity index (χ0v) is 14.3. The Morgan fingerprint density at radius 3 is 2.65 bits per heavy atom. The molecule has 0 radical (unpaired) electrons. The van der Waals surface area contributed by atoms with E-state index in [0.29, 0.717) is 0 Å². The maximum atomic E-state index is 6.32. The number of halogens is 1. The highest BCUT2D eigenvalue weighted by Crippen LogP contribution is 2.25. The first kappa shape index (κ1) is 17.7. The highest BCUT2D eigenvalue weighted by molar-refractivity contribution is 7.98. The number of alkyl halides is 1. The summed E-state index contributed by atoms with van der Waals surface area (Å²) in [6.07, 6.45) is 14.6. The summed E-state index contributed by atoms with van der Waals surface area (Å²) in [4.78, 5) is 3.67. The highest BCUT2D eigenvalue weighted by Gasteiger charge is 2.23. The summed E-state index contributed by atoms with van der Waals surface area (Å²) in [7, 11) is 0. The Morgan fingerprint density at radius 1 is 1.25 bits per heavy atom. The highest BCUT2D eigenvalue weighted by atomic mass is 35.5. The molecular formula is C15H28ClN3S. The fraction of sp³-hybridized carbons (Fsp3) is 0.800. The second kappa shape index (κ2) is 10.4. The van der Waals surface area contributed by atoms with Crippen molar-refractivity contribution in [1.82, 2.24) is 10.6 Å². The van der Waals surface area contributed by atoms with Crippen molar-refractivity contribution in [2.24, 2.45) is 4.99 Å². The normalized spacial score (nSPS) is 21.4. The zero-order valence-electron chi connectivity index (χ0n) is 12.8. The molecule has 1 atom stereocenters. The van der Waals surface area contributed by atoms with Gasteiger partial charge in [-0.2, -0.15) is 11.8 Å². The number of thioether (sulfide) groups is 1. The molecular weight excluding hydrogens is 290 g/mol. The molecule has 1 heterocycles. The third kappa shape index (κ3) is 7.44. The lowest BCUT2D eigenvalue weighted by atomic mass is 10.1. The van der Waals surface area contributed by atoms with Crippen LogP contribution >= 0.6 is 23.4 Å². The maximum Gasteiger partial charge on any atom is 0.157 e. The van der Waals surface area contributed by atoms with Gasteiger partial charge >= 0.3 is 0 Å². The van der Waals surface area contributed by atoms with Crippen LogP contribution < -0.4 is 10.6 Å². The van der Waals surface area contributed by atoms with Crippen molar-refractivity contribution in [3.05, 3.63) is 11.9 Å². The molecule has 0 bridgehead atoms. The molecule has 0 aliphatic carbocycles. The Bertz CT molecular complexity index is 320. The maximum absolute atomic E-state index is 6.32. The van der Waals surface area contributed by atoms with Crippen molar-refractivity contribution >= 4 is 29.7 Å². The molecule has 3 nitrogen and oxygen atoms in total. The van der Waals surface area contributed by atoms with Crippen molar-refractivity contribution in [3.63, 3.8) is 0 Å². The van der Waals surface area contributed by atoms with Crippen LogP contribution in [0.25, 0.3) is 0 Å². The summed E-state index contributed by atoms with van der Waals surface area (Å²) >= 11 is 8.27. The zero-order chi connectivity index (χ0) is 14.7. The van der Waals surface area contributed by atoms with Crippen molar-refractivity contribution in [1.29, 1.82) is 0 Å².